The fourth-order valence-corrected chi connectivity index (χ4v) is 3.86. The van der Waals surface area contributed by atoms with Crippen LogP contribution in [0.1, 0.15) is 23.5 Å². The lowest BCUT2D eigenvalue weighted by Gasteiger charge is -2.28. The highest BCUT2D eigenvalue weighted by molar-refractivity contribution is 7.80. The molecule has 3 aromatic rings. The summed E-state index contributed by atoms with van der Waals surface area (Å²) in [5.41, 5.74) is 3.17. The van der Waals surface area contributed by atoms with Crippen LogP contribution in [0.4, 0.5) is 0 Å². The largest absolute Gasteiger partial charge is 0.383 e. The van der Waals surface area contributed by atoms with Gasteiger partial charge >= 0.3 is 0 Å². The molecule has 7 heteroatoms. The number of thiocarbonyl (C=S) groups is 1. The first-order valence-corrected chi connectivity index (χ1v) is 9.25. The number of hydrogen-bond acceptors (Lipinski definition) is 4. The number of ether oxygens (including phenoxy) is 1. The predicted molar refractivity (Wildman–Crippen MR) is 108 cm³/mol. The van der Waals surface area contributed by atoms with Gasteiger partial charge in [-0.2, -0.15) is 0 Å². The number of aromatic nitrogens is 3. The molecule has 2 unspecified atom stereocenters. The molecular formula is C20H21N5OS. The fraction of sp³-hybridized carbons (Fsp3) is 0.250. The minimum atomic E-state index is -0.0361. The molecular weight excluding hydrogens is 358 g/mol. The number of methoxy groups -OCH3 is 1. The Balaban J connectivity index is 1.78. The van der Waals surface area contributed by atoms with Crippen molar-refractivity contribution in [3.8, 4) is 5.69 Å². The molecule has 1 aliphatic heterocycles. The highest BCUT2D eigenvalue weighted by Crippen LogP contribution is 2.39. The Hall–Kier alpha value is -2.77. The Morgan fingerprint density at radius 1 is 1.11 bits per heavy atom. The second-order valence-corrected chi connectivity index (χ2v) is 6.71. The summed E-state index contributed by atoms with van der Waals surface area (Å²) in [7, 11) is 1.71. The summed E-state index contributed by atoms with van der Waals surface area (Å²) < 4.78 is 7.49. The van der Waals surface area contributed by atoms with Crippen LogP contribution in [-0.2, 0) is 4.74 Å². The maximum atomic E-state index is 5.65. The second kappa shape index (κ2) is 7.85. The Bertz CT molecular complexity index is 899. The number of nitrogens with zero attached hydrogens (tertiary/aromatic N) is 4. The molecule has 27 heavy (non-hydrogen) atoms. The van der Waals surface area contributed by atoms with Gasteiger partial charge in [0.15, 0.2) is 5.11 Å². The quantitative estimate of drug-likeness (QED) is 0.665. The SMILES string of the molecule is COCCN1C(=S)NC(c2ccccn2)C1c1cccn1-c1ccncc1. The molecule has 0 spiro atoms. The van der Waals surface area contributed by atoms with Crippen LogP contribution in [0.15, 0.2) is 67.3 Å². The lowest BCUT2D eigenvalue weighted by molar-refractivity contribution is 0.163. The molecule has 1 aliphatic rings. The van der Waals surface area contributed by atoms with Gasteiger partial charge in [0.1, 0.15) is 0 Å². The maximum Gasteiger partial charge on any atom is 0.170 e. The van der Waals surface area contributed by atoms with Crippen molar-refractivity contribution < 1.29 is 4.74 Å². The van der Waals surface area contributed by atoms with Crippen molar-refractivity contribution in [2.75, 3.05) is 20.3 Å². The van der Waals surface area contributed by atoms with E-state index in [1.165, 1.54) is 0 Å². The Labute approximate surface area is 163 Å². The Morgan fingerprint density at radius 3 is 2.70 bits per heavy atom. The minimum Gasteiger partial charge on any atom is -0.383 e. The molecule has 0 radical (unpaired) electrons. The molecule has 4 rings (SSSR count). The van der Waals surface area contributed by atoms with Crippen molar-refractivity contribution >= 4 is 17.3 Å². The van der Waals surface area contributed by atoms with Crippen molar-refractivity contribution in [1.29, 1.82) is 0 Å². The number of nitrogens with one attached hydrogen (secondary N) is 1. The Morgan fingerprint density at radius 2 is 1.96 bits per heavy atom. The van der Waals surface area contributed by atoms with E-state index < -0.39 is 0 Å². The van der Waals surface area contributed by atoms with Gasteiger partial charge in [0.2, 0.25) is 0 Å². The Kier molecular flexibility index (Phi) is 5.13. The summed E-state index contributed by atoms with van der Waals surface area (Å²) in [5, 5.41) is 4.18. The van der Waals surface area contributed by atoms with Crippen LogP contribution in [-0.4, -0.2) is 44.8 Å². The molecule has 6 nitrogen and oxygen atoms in total. The van der Waals surface area contributed by atoms with Crippen LogP contribution < -0.4 is 5.32 Å². The molecule has 4 heterocycles. The van der Waals surface area contributed by atoms with Crippen LogP contribution in [0.2, 0.25) is 0 Å². The summed E-state index contributed by atoms with van der Waals surface area (Å²) in [6.07, 6.45) is 7.48. The summed E-state index contributed by atoms with van der Waals surface area (Å²) in [6, 6.07) is 14.1. The zero-order valence-electron chi connectivity index (χ0n) is 15.0. The van der Waals surface area contributed by atoms with Gasteiger partial charge < -0.3 is 19.5 Å². The van der Waals surface area contributed by atoms with Gasteiger partial charge in [0.05, 0.1) is 24.4 Å². The van der Waals surface area contributed by atoms with Crippen LogP contribution >= 0.6 is 12.2 Å². The van der Waals surface area contributed by atoms with E-state index in [1.807, 2.05) is 36.5 Å². The van der Waals surface area contributed by atoms with Gasteiger partial charge in [-0.25, -0.2) is 0 Å². The van der Waals surface area contributed by atoms with Gasteiger partial charge in [-0.05, 0) is 48.6 Å². The minimum absolute atomic E-state index is 0.00529. The summed E-state index contributed by atoms with van der Waals surface area (Å²) in [4.78, 5) is 10.9. The molecule has 1 fully saturated rings. The van der Waals surface area contributed by atoms with Gasteiger partial charge in [-0.3, -0.25) is 9.97 Å². The average Bonchev–Trinajstić information content (AvgIpc) is 3.32. The van der Waals surface area contributed by atoms with Gasteiger partial charge in [-0.15, -0.1) is 0 Å². The van der Waals surface area contributed by atoms with Crippen molar-refractivity contribution in [1.82, 2.24) is 24.8 Å². The zero-order chi connectivity index (χ0) is 18.6. The van der Waals surface area contributed by atoms with Crippen LogP contribution in [0, 0.1) is 0 Å². The fourth-order valence-electron chi connectivity index (χ4n) is 3.53. The van der Waals surface area contributed by atoms with E-state index in [0.717, 1.165) is 22.2 Å². The van der Waals surface area contributed by atoms with E-state index in [1.54, 1.807) is 19.5 Å². The van der Waals surface area contributed by atoms with E-state index in [-0.39, 0.29) is 12.1 Å². The van der Waals surface area contributed by atoms with Crippen LogP contribution in [0.3, 0.4) is 0 Å². The molecule has 0 saturated carbocycles. The van der Waals surface area contributed by atoms with E-state index >= 15 is 0 Å². The zero-order valence-corrected chi connectivity index (χ0v) is 15.8. The lowest BCUT2D eigenvalue weighted by Crippen LogP contribution is -2.33. The third-order valence-corrected chi connectivity index (χ3v) is 5.11. The normalized spacial score (nSPS) is 19.3. The second-order valence-electron chi connectivity index (χ2n) is 6.32. The van der Waals surface area contributed by atoms with Gasteiger partial charge in [-0.1, -0.05) is 6.07 Å². The molecule has 0 amide bonds. The molecule has 0 aromatic carbocycles. The number of hydrogen-bond donors (Lipinski definition) is 1. The number of rotatable bonds is 6. The molecule has 1 saturated heterocycles. The summed E-state index contributed by atoms with van der Waals surface area (Å²) >= 11 is 5.65. The van der Waals surface area contributed by atoms with E-state index in [2.05, 4.69) is 43.1 Å². The van der Waals surface area contributed by atoms with Crippen molar-refractivity contribution in [2.45, 2.75) is 12.1 Å². The third kappa shape index (κ3) is 3.43. The topological polar surface area (TPSA) is 55.2 Å². The average molecular weight is 379 g/mol. The van der Waals surface area contributed by atoms with E-state index in [9.17, 15) is 0 Å². The highest BCUT2D eigenvalue weighted by Gasteiger charge is 2.40. The van der Waals surface area contributed by atoms with Crippen LogP contribution in [0.25, 0.3) is 5.69 Å². The molecule has 1 N–H and O–H groups in total. The molecule has 2 atom stereocenters. The van der Waals surface area contributed by atoms with E-state index in [0.29, 0.717) is 13.2 Å². The molecule has 138 valence electrons. The highest BCUT2D eigenvalue weighted by atomic mass is 32.1. The monoisotopic (exact) mass is 379 g/mol. The van der Waals surface area contributed by atoms with Crippen molar-refractivity contribution in [3.63, 3.8) is 0 Å². The van der Waals surface area contributed by atoms with Gasteiger partial charge in [0.25, 0.3) is 0 Å². The molecule has 3 aromatic heterocycles. The van der Waals surface area contributed by atoms with Crippen molar-refractivity contribution in [2.24, 2.45) is 0 Å². The first-order valence-electron chi connectivity index (χ1n) is 8.84. The van der Waals surface area contributed by atoms with Gasteiger partial charge in [0, 0.05) is 49.8 Å². The maximum absolute atomic E-state index is 5.65. The van der Waals surface area contributed by atoms with Crippen LogP contribution in [0.5, 0.6) is 0 Å². The molecule has 0 bridgehead atoms. The predicted octanol–water partition coefficient (Wildman–Crippen LogP) is 2.89. The lowest BCUT2D eigenvalue weighted by atomic mass is 10.0. The standard InChI is InChI=1S/C20H21N5OS/c1-26-14-13-25-19(18(23-20(25)27)16-5-2-3-9-22-16)17-6-4-12-24(17)15-7-10-21-11-8-15/h2-12,18-19H,13-14H2,1H3,(H,23,27). The number of pyridine rings is 2. The van der Waals surface area contributed by atoms with Crippen molar-refractivity contribution in [3.05, 3.63) is 78.6 Å². The first-order chi connectivity index (χ1) is 13.3. The summed E-state index contributed by atoms with van der Waals surface area (Å²) in [6.45, 7) is 1.31. The third-order valence-electron chi connectivity index (χ3n) is 4.76. The van der Waals surface area contributed by atoms with E-state index in [4.69, 9.17) is 17.0 Å². The molecule has 0 aliphatic carbocycles. The smallest absolute Gasteiger partial charge is 0.170 e. The summed E-state index contributed by atoms with van der Waals surface area (Å²) in [5.74, 6) is 0. The first kappa shape index (κ1) is 17.6.